The van der Waals surface area contributed by atoms with Gasteiger partial charge in [0.15, 0.2) is 0 Å². The predicted octanol–water partition coefficient (Wildman–Crippen LogP) is 8.35. The van der Waals surface area contributed by atoms with E-state index in [0.717, 1.165) is 40.8 Å². The van der Waals surface area contributed by atoms with Crippen LogP contribution in [0.3, 0.4) is 0 Å². The van der Waals surface area contributed by atoms with Gasteiger partial charge in [-0.25, -0.2) is 0 Å². The third-order valence-corrected chi connectivity index (χ3v) is 13.8. The van der Waals surface area contributed by atoms with Crippen molar-refractivity contribution in [3.63, 3.8) is 0 Å². The molecular formula is C27H46S. The van der Waals surface area contributed by atoms with Gasteiger partial charge in [-0.15, -0.1) is 0 Å². The molecule has 5 aliphatic rings. The first kappa shape index (κ1) is 20.3. The maximum absolute atomic E-state index is 2.78. The third kappa shape index (κ3) is 2.62. The van der Waals surface area contributed by atoms with E-state index >= 15 is 0 Å². The number of hydrogen-bond donors (Lipinski definition) is 0. The molecular weight excluding hydrogens is 356 g/mol. The Morgan fingerprint density at radius 2 is 1.64 bits per heavy atom. The second kappa shape index (κ2) is 6.93. The highest BCUT2D eigenvalue weighted by Gasteiger charge is 2.70. The van der Waals surface area contributed by atoms with Gasteiger partial charge in [0, 0.05) is 10.00 Å². The Labute approximate surface area is 179 Å². The molecule has 0 spiro atoms. The molecule has 5 rings (SSSR count). The van der Waals surface area contributed by atoms with Crippen LogP contribution in [0.4, 0.5) is 0 Å². The van der Waals surface area contributed by atoms with Gasteiger partial charge in [0.05, 0.1) is 0 Å². The molecule has 4 aliphatic carbocycles. The van der Waals surface area contributed by atoms with Crippen LogP contribution >= 0.6 is 11.8 Å². The first-order valence-electron chi connectivity index (χ1n) is 13.0. The van der Waals surface area contributed by atoms with Crippen molar-refractivity contribution in [2.75, 3.05) is 0 Å². The lowest BCUT2D eigenvalue weighted by molar-refractivity contribution is -0.104. The highest BCUT2D eigenvalue weighted by Crippen LogP contribution is 2.77. The van der Waals surface area contributed by atoms with Crippen LogP contribution in [0.15, 0.2) is 0 Å². The summed E-state index contributed by atoms with van der Waals surface area (Å²) in [5, 5.41) is 0.943. The quantitative estimate of drug-likeness (QED) is 0.457. The van der Waals surface area contributed by atoms with Gasteiger partial charge in [0.1, 0.15) is 0 Å². The van der Waals surface area contributed by atoms with E-state index in [1.807, 2.05) is 0 Å². The van der Waals surface area contributed by atoms with Crippen molar-refractivity contribution in [2.45, 2.75) is 122 Å². The number of rotatable bonds is 3. The van der Waals surface area contributed by atoms with Gasteiger partial charge in [0.2, 0.25) is 0 Å². The van der Waals surface area contributed by atoms with Crippen molar-refractivity contribution in [2.24, 2.45) is 46.3 Å². The van der Waals surface area contributed by atoms with E-state index in [-0.39, 0.29) is 0 Å². The molecule has 160 valence electrons. The van der Waals surface area contributed by atoms with Crippen LogP contribution < -0.4 is 0 Å². The number of fused-ring (bicyclic) bond motifs is 3. The minimum absolute atomic E-state index is 0.639. The van der Waals surface area contributed by atoms with E-state index in [1.54, 1.807) is 51.4 Å². The molecule has 5 fully saturated rings. The number of hydrogen-bond acceptors (Lipinski definition) is 1. The van der Waals surface area contributed by atoms with Gasteiger partial charge in [0.25, 0.3) is 0 Å². The summed E-state index contributed by atoms with van der Waals surface area (Å²) >= 11 is 2.58. The molecule has 1 aliphatic heterocycles. The molecule has 0 aromatic rings. The summed E-state index contributed by atoms with van der Waals surface area (Å²) in [6.07, 6.45) is 18.4. The fourth-order valence-corrected chi connectivity index (χ4v) is 12.3. The molecule has 28 heavy (non-hydrogen) atoms. The van der Waals surface area contributed by atoms with Crippen LogP contribution in [-0.2, 0) is 0 Å². The molecule has 9 atom stereocenters. The maximum atomic E-state index is 2.78. The van der Waals surface area contributed by atoms with E-state index in [2.05, 4.69) is 46.4 Å². The highest BCUT2D eigenvalue weighted by atomic mass is 32.2. The molecule has 4 saturated carbocycles. The monoisotopic (exact) mass is 402 g/mol. The lowest BCUT2D eigenvalue weighted by Gasteiger charge is -2.67. The van der Waals surface area contributed by atoms with Gasteiger partial charge < -0.3 is 0 Å². The summed E-state index contributed by atoms with van der Waals surface area (Å²) in [5.74, 6) is 5.97. The molecule has 0 aromatic heterocycles. The zero-order valence-corrected chi connectivity index (χ0v) is 20.3. The molecule has 0 radical (unpaired) electrons. The van der Waals surface area contributed by atoms with Crippen molar-refractivity contribution in [3.05, 3.63) is 0 Å². The van der Waals surface area contributed by atoms with Crippen molar-refractivity contribution in [1.29, 1.82) is 0 Å². The largest absolute Gasteiger partial charge is 0.151 e. The van der Waals surface area contributed by atoms with E-state index in [0.29, 0.717) is 15.6 Å². The average Bonchev–Trinajstić information content (AvgIpc) is 2.87. The van der Waals surface area contributed by atoms with Gasteiger partial charge in [-0.2, -0.15) is 11.8 Å². The normalized spacial score (nSPS) is 55.5. The van der Waals surface area contributed by atoms with Crippen LogP contribution in [0.25, 0.3) is 0 Å². The maximum Gasteiger partial charge on any atom is 0.0250 e. The second-order valence-electron chi connectivity index (χ2n) is 12.7. The highest BCUT2D eigenvalue weighted by molar-refractivity contribution is 8.01. The molecule has 0 unspecified atom stereocenters. The van der Waals surface area contributed by atoms with Crippen molar-refractivity contribution >= 4 is 11.8 Å². The summed E-state index contributed by atoms with van der Waals surface area (Å²) < 4.78 is 0.639. The lowest BCUT2D eigenvalue weighted by Crippen LogP contribution is -2.63. The summed E-state index contributed by atoms with van der Waals surface area (Å²) in [5.41, 5.74) is 1.33. The Hall–Kier alpha value is 0.350. The van der Waals surface area contributed by atoms with Crippen molar-refractivity contribution < 1.29 is 0 Å². The molecule has 0 amide bonds. The molecule has 1 saturated heterocycles. The number of thioether (sulfide) groups is 1. The molecule has 1 heteroatoms. The average molecular weight is 403 g/mol. The standard InChI is InChI=1S/C27H46S/c1-18(2)9-12-24-19(3)21-14-17-27(28-24)23-11-10-20-8-6-7-15-25(20,4)22(23)13-16-26(21,27)5/h18-24H,6-17H2,1-5H3/t19-,20+,21+,22-,23+,24+,25-,26+,27-/m0/s1. The van der Waals surface area contributed by atoms with Crippen LogP contribution in [-0.4, -0.2) is 10.00 Å². The van der Waals surface area contributed by atoms with Crippen LogP contribution in [0.1, 0.15) is 112 Å². The smallest absolute Gasteiger partial charge is 0.0250 e. The van der Waals surface area contributed by atoms with Crippen LogP contribution in [0.5, 0.6) is 0 Å². The Bertz CT molecular complexity index is 597. The van der Waals surface area contributed by atoms with E-state index in [9.17, 15) is 0 Å². The summed E-state index contributed by atoms with van der Waals surface area (Å²) in [6, 6.07) is 0. The first-order chi connectivity index (χ1) is 13.3. The molecule has 0 N–H and O–H groups in total. The van der Waals surface area contributed by atoms with Crippen LogP contribution in [0.2, 0.25) is 0 Å². The van der Waals surface area contributed by atoms with Crippen LogP contribution in [0, 0.1) is 46.3 Å². The molecule has 0 nitrogen and oxygen atoms in total. The minimum atomic E-state index is 0.639. The van der Waals surface area contributed by atoms with Gasteiger partial charge in [-0.3, -0.25) is 0 Å². The van der Waals surface area contributed by atoms with Crippen molar-refractivity contribution in [1.82, 2.24) is 0 Å². The Morgan fingerprint density at radius 3 is 2.43 bits per heavy atom. The fourth-order valence-electron chi connectivity index (χ4n) is 9.85. The second-order valence-corrected chi connectivity index (χ2v) is 14.3. The Morgan fingerprint density at radius 1 is 0.857 bits per heavy atom. The molecule has 1 heterocycles. The predicted molar refractivity (Wildman–Crippen MR) is 124 cm³/mol. The summed E-state index contributed by atoms with van der Waals surface area (Å²) in [4.78, 5) is 0. The lowest BCUT2D eigenvalue weighted by atomic mass is 9.44. The minimum Gasteiger partial charge on any atom is -0.151 e. The SMILES string of the molecule is CC(C)CC[C@H]1S[C@]23CC[C@H]([C@@H]1C)[C@@]2(C)CC[C@H]1[C@H]3CC[C@H]2CCCC[C@@]21C. The summed E-state index contributed by atoms with van der Waals surface area (Å²) in [6.45, 7) is 13.0. The van der Waals surface area contributed by atoms with Gasteiger partial charge in [-0.1, -0.05) is 47.5 Å². The van der Waals surface area contributed by atoms with E-state index in [1.165, 1.54) is 25.7 Å². The zero-order valence-electron chi connectivity index (χ0n) is 19.4. The van der Waals surface area contributed by atoms with Crippen molar-refractivity contribution in [3.8, 4) is 0 Å². The summed E-state index contributed by atoms with van der Waals surface area (Å²) in [7, 11) is 0. The molecule has 2 bridgehead atoms. The van der Waals surface area contributed by atoms with Gasteiger partial charge >= 0.3 is 0 Å². The fraction of sp³-hybridized carbons (Fsp3) is 1.00. The topological polar surface area (TPSA) is 0 Å². The Kier molecular flexibility index (Phi) is 5.01. The van der Waals surface area contributed by atoms with Gasteiger partial charge in [-0.05, 0) is 111 Å². The zero-order chi connectivity index (χ0) is 19.7. The third-order valence-electron chi connectivity index (χ3n) is 11.4. The van der Waals surface area contributed by atoms with E-state index in [4.69, 9.17) is 0 Å². The first-order valence-corrected chi connectivity index (χ1v) is 13.9. The van der Waals surface area contributed by atoms with E-state index < -0.39 is 0 Å². The molecule has 0 aromatic carbocycles. The Balaban J connectivity index is 1.48.